The minimum absolute atomic E-state index is 0.148. The van der Waals surface area contributed by atoms with Crippen LogP contribution in [0.25, 0.3) is 10.9 Å². The lowest BCUT2D eigenvalue weighted by molar-refractivity contribution is 1.04. The Morgan fingerprint density at radius 1 is 1.27 bits per heavy atom. The molecule has 1 aromatic carbocycles. The zero-order valence-electron chi connectivity index (χ0n) is 8.71. The van der Waals surface area contributed by atoms with Crippen LogP contribution in [0.3, 0.4) is 0 Å². The van der Waals surface area contributed by atoms with Gasteiger partial charge in [-0.05, 0) is 37.8 Å². The molecule has 1 fully saturated rings. The molecule has 0 amide bonds. The molecule has 0 saturated heterocycles. The third-order valence-electron chi connectivity index (χ3n) is 3.02. The van der Waals surface area contributed by atoms with Crippen LogP contribution in [0.1, 0.15) is 30.0 Å². The summed E-state index contributed by atoms with van der Waals surface area (Å²) in [6, 6.07) is 7.75. The first-order chi connectivity index (χ1) is 7.24. The molecule has 2 aromatic rings. The number of pyridine rings is 1. The van der Waals surface area contributed by atoms with Crippen LogP contribution in [-0.4, -0.2) is 4.98 Å². The molecule has 1 saturated carbocycles. The molecule has 3 rings (SSSR count). The van der Waals surface area contributed by atoms with Crippen LogP contribution in [0.4, 0.5) is 0 Å². The van der Waals surface area contributed by atoms with Gasteiger partial charge in [-0.25, -0.2) is 0 Å². The molecule has 0 aliphatic heterocycles. The van der Waals surface area contributed by atoms with E-state index in [-0.39, 0.29) is 5.43 Å². The van der Waals surface area contributed by atoms with Crippen molar-refractivity contribution >= 4 is 10.9 Å². The fourth-order valence-corrected chi connectivity index (χ4v) is 2.00. The van der Waals surface area contributed by atoms with Gasteiger partial charge in [-0.3, -0.25) is 4.79 Å². The van der Waals surface area contributed by atoms with E-state index in [0.29, 0.717) is 5.92 Å². The molecule has 76 valence electrons. The van der Waals surface area contributed by atoms with E-state index >= 15 is 0 Å². The lowest BCUT2D eigenvalue weighted by atomic mass is 10.1. The largest absolute Gasteiger partial charge is 0.358 e. The Morgan fingerprint density at radius 2 is 2.07 bits per heavy atom. The quantitative estimate of drug-likeness (QED) is 0.752. The fraction of sp³-hybridized carbons (Fsp3) is 0.308. The van der Waals surface area contributed by atoms with Gasteiger partial charge in [0.05, 0.1) is 0 Å². The molecule has 0 atom stereocenters. The summed E-state index contributed by atoms with van der Waals surface area (Å²) in [6.45, 7) is 2.01. The summed E-state index contributed by atoms with van der Waals surface area (Å²) in [6.07, 6.45) is 2.43. The Balaban J connectivity index is 2.31. The molecule has 0 spiro atoms. The van der Waals surface area contributed by atoms with Gasteiger partial charge in [0.1, 0.15) is 0 Å². The van der Waals surface area contributed by atoms with Gasteiger partial charge in [0.15, 0.2) is 5.43 Å². The fourth-order valence-electron chi connectivity index (χ4n) is 2.00. The highest BCUT2D eigenvalue weighted by Crippen LogP contribution is 2.38. The maximum atomic E-state index is 11.9. The first kappa shape index (κ1) is 8.72. The molecule has 2 nitrogen and oxygen atoms in total. The number of fused-ring (bicyclic) bond motifs is 1. The summed E-state index contributed by atoms with van der Waals surface area (Å²) < 4.78 is 0. The van der Waals surface area contributed by atoms with Crippen molar-refractivity contribution < 1.29 is 0 Å². The Morgan fingerprint density at radius 3 is 2.80 bits per heavy atom. The molecule has 1 aliphatic rings. The maximum absolute atomic E-state index is 11.9. The smallest absolute Gasteiger partial charge is 0.189 e. The molecule has 1 aliphatic carbocycles. The van der Waals surface area contributed by atoms with E-state index in [1.807, 2.05) is 25.1 Å². The van der Waals surface area contributed by atoms with Crippen LogP contribution in [0.2, 0.25) is 0 Å². The first-order valence-corrected chi connectivity index (χ1v) is 5.37. The second-order valence-electron chi connectivity index (χ2n) is 4.41. The molecule has 1 aromatic heterocycles. The summed E-state index contributed by atoms with van der Waals surface area (Å²) in [5, 5.41) is 0.805. The number of rotatable bonds is 1. The van der Waals surface area contributed by atoms with Gasteiger partial charge in [-0.1, -0.05) is 11.6 Å². The highest BCUT2D eigenvalue weighted by atomic mass is 16.1. The number of nitrogens with one attached hydrogen (secondary N) is 1. The molecule has 15 heavy (non-hydrogen) atoms. The average Bonchev–Trinajstić information content (AvgIpc) is 3.02. The van der Waals surface area contributed by atoms with Gasteiger partial charge < -0.3 is 4.98 Å². The lowest BCUT2D eigenvalue weighted by Crippen LogP contribution is -2.04. The molecule has 0 unspecified atom stereocenters. The Hall–Kier alpha value is -1.57. The number of aryl methyl sites for hydroxylation is 1. The highest BCUT2D eigenvalue weighted by molar-refractivity contribution is 5.79. The SMILES string of the molecule is Cc1ccc2[nH]c(C3CC3)cc(=O)c2c1. The second kappa shape index (κ2) is 2.96. The van der Waals surface area contributed by atoms with Crippen LogP contribution in [0, 0.1) is 6.92 Å². The summed E-state index contributed by atoms with van der Waals surface area (Å²) in [4.78, 5) is 15.2. The molecule has 0 bridgehead atoms. The lowest BCUT2D eigenvalue weighted by Gasteiger charge is -2.03. The van der Waals surface area contributed by atoms with Crippen molar-refractivity contribution in [3.8, 4) is 0 Å². The molecule has 1 heterocycles. The van der Waals surface area contributed by atoms with Crippen molar-refractivity contribution in [2.75, 3.05) is 0 Å². The first-order valence-electron chi connectivity index (χ1n) is 5.37. The van der Waals surface area contributed by atoms with Gasteiger partial charge >= 0.3 is 0 Å². The van der Waals surface area contributed by atoms with Gasteiger partial charge in [-0.2, -0.15) is 0 Å². The maximum Gasteiger partial charge on any atom is 0.189 e. The van der Waals surface area contributed by atoms with Crippen molar-refractivity contribution in [3.05, 3.63) is 45.7 Å². The van der Waals surface area contributed by atoms with E-state index in [1.54, 1.807) is 6.07 Å². The highest BCUT2D eigenvalue weighted by Gasteiger charge is 2.24. The van der Waals surface area contributed by atoms with Crippen LogP contribution >= 0.6 is 0 Å². The normalized spacial score (nSPS) is 15.8. The number of hydrogen-bond acceptors (Lipinski definition) is 1. The summed E-state index contributed by atoms with van der Waals surface area (Å²) in [5.41, 5.74) is 3.35. The second-order valence-corrected chi connectivity index (χ2v) is 4.41. The molecule has 0 radical (unpaired) electrons. The van der Waals surface area contributed by atoms with E-state index in [4.69, 9.17) is 0 Å². The van der Waals surface area contributed by atoms with E-state index in [0.717, 1.165) is 22.2 Å². The van der Waals surface area contributed by atoms with E-state index in [2.05, 4.69) is 4.98 Å². The number of aromatic amines is 1. The predicted molar refractivity (Wildman–Crippen MR) is 61.3 cm³/mol. The summed E-state index contributed by atoms with van der Waals surface area (Å²) in [5.74, 6) is 0.600. The number of aromatic nitrogens is 1. The molecular weight excluding hydrogens is 186 g/mol. The Labute approximate surface area is 87.9 Å². The summed E-state index contributed by atoms with van der Waals surface area (Å²) >= 11 is 0. The van der Waals surface area contributed by atoms with Gasteiger partial charge in [-0.15, -0.1) is 0 Å². The van der Waals surface area contributed by atoms with Gasteiger partial charge in [0.25, 0.3) is 0 Å². The number of hydrogen-bond donors (Lipinski definition) is 1. The van der Waals surface area contributed by atoms with Crippen molar-refractivity contribution in [1.29, 1.82) is 0 Å². The Bertz CT molecular complexity index is 579. The van der Waals surface area contributed by atoms with Crippen molar-refractivity contribution in [2.45, 2.75) is 25.7 Å². The molecule has 2 heteroatoms. The molecular formula is C13H13NO. The topological polar surface area (TPSA) is 32.9 Å². The van der Waals surface area contributed by atoms with Crippen molar-refractivity contribution in [3.63, 3.8) is 0 Å². The number of benzene rings is 1. The van der Waals surface area contributed by atoms with Gasteiger partial charge in [0.2, 0.25) is 0 Å². The van der Waals surface area contributed by atoms with Crippen molar-refractivity contribution in [1.82, 2.24) is 4.98 Å². The van der Waals surface area contributed by atoms with E-state index in [9.17, 15) is 4.79 Å². The average molecular weight is 199 g/mol. The van der Waals surface area contributed by atoms with Crippen LogP contribution in [-0.2, 0) is 0 Å². The summed E-state index contributed by atoms with van der Waals surface area (Å²) in [7, 11) is 0. The minimum Gasteiger partial charge on any atom is -0.358 e. The van der Waals surface area contributed by atoms with E-state index in [1.165, 1.54) is 12.8 Å². The molecule has 1 N–H and O–H groups in total. The standard InChI is InChI=1S/C13H13NO/c1-8-2-5-11-10(6-8)13(15)7-12(14-11)9-3-4-9/h2,5-7,9H,3-4H2,1H3,(H,14,15). The van der Waals surface area contributed by atoms with E-state index < -0.39 is 0 Å². The van der Waals surface area contributed by atoms with Crippen LogP contribution < -0.4 is 5.43 Å². The predicted octanol–water partition coefficient (Wildman–Crippen LogP) is 2.71. The minimum atomic E-state index is 0.148. The Kier molecular flexibility index (Phi) is 1.72. The number of H-pyrrole nitrogens is 1. The third kappa shape index (κ3) is 1.46. The zero-order chi connectivity index (χ0) is 10.4. The zero-order valence-corrected chi connectivity index (χ0v) is 8.71. The van der Waals surface area contributed by atoms with Crippen LogP contribution in [0.15, 0.2) is 29.1 Å². The monoisotopic (exact) mass is 199 g/mol. The third-order valence-corrected chi connectivity index (χ3v) is 3.02. The van der Waals surface area contributed by atoms with Crippen LogP contribution in [0.5, 0.6) is 0 Å². The van der Waals surface area contributed by atoms with Crippen molar-refractivity contribution in [2.24, 2.45) is 0 Å². The van der Waals surface area contributed by atoms with Gasteiger partial charge in [0, 0.05) is 22.7 Å².